The Morgan fingerprint density at radius 2 is 2.17 bits per heavy atom. The van der Waals surface area contributed by atoms with Crippen LogP contribution in [0.25, 0.3) is 10.6 Å². The molecule has 0 aliphatic carbocycles. The Hall–Kier alpha value is -0.850. The Bertz CT molecular complexity index is 510. The first kappa shape index (κ1) is 13.6. The van der Waals surface area contributed by atoms with E-state index in [4.69, 9.17) is 0 Å². The van der Waals surface area contributed by atoms with Crippen molar-refractivity contribution in [2.24, 2.45) is 0 Å². The van der Waals surface area contributed by atoms with E-state index in [-0.39, 0.29) is 5.82 Å². The first-order chi connectivity index (χ1) is 8.69. The van der Waals surface area contributed by atoms with Gasteiger partial charge in [-0.15, -0.1) is 10.2 Å². The predicted octanol–water partition coefficient (Wildman–Crippen LogP) is 3.26. The summed E-state index contributed by atoms with van der Waals surface area (Å²) in [5.74, 6) is -0.272. The van der Waals surface area contributed by atoms with Gasteiger partial charge in [-0.2, -0.15) is 0 Å². The molecule has 1 heterocycles. The second kappa shape index (κ2) is 6.36. The monoisotopic (exact) mass is 329 g/mol. The van der Waals surface area contributed by atoms with Crippen LogP contribution < -0.4 is 5.32 Å². The number of nitrogens with zero attached hydrogens (tertiary/aromatic N) is 2. The number of aryl methyl sites for hydroxylation is 1. The van der Waals surface area contributed by atoms with E-state index in [0.717, 1.165) is 35.0 Å². The topological polar surface area (TPSA) is 37.8 Å². The summed E-state index contributed by atoms with van der Waals surface area (Å²) in [4.78, 5) is 0. The molecule has 0 aliphatic heterocycles. The standard InChI is InChI=1S/C12H13BrFN3S/c1-15-4-2-3-11-16-17-12(18-11)8-5-9(13)7-10(14)6-8/h5-7,15H,2-4H2,1H3. The molecular formula is C12H13BrFN3S. The van der Waals surface area contributed by atoms with Crippen molar-refractivity contribution in [2.75, 3.05) is 13.6 Å². The zero-order valence-corrected chi connectivity index (χ0v) is 12.3. The third kappa shape index (κ3) is 3.57. The summed E-state index contributed by atoms with van der Waals surface area (Å²) in [6, 6.07) is 4.75. The molecule has 18 heavy (non-hydrogen) atoms. The maximum absolute atomic E-state index is 13.3. The van der Waals surface area contributed by atoms with Gasteiger partial charge in [0, 0.05) is 16.5 Å². The van der Waals surface area contributed by atoms with E-state index in [2.05, 4.69) is 31.4 Å². The predicted molar refractivity (Wildman–Crippen MR) is 75.3 cm³/mol. The molecule has 0 unspecified atom stereocenters. The summed E-state index contributed by atoms with van der Waals surface area (Å²) >= 11 is 4.79. The maximum atomic E-state index is 13.3. The average molecular weight is 330 g/mol. The van der Waals surface area contributed by atoms with E-state index in [1.54, 1.807) is 0 Å². The van der Waals surface area contributed by atoms with Gasteiger partial charge < -0.3 is 5.32 Å². The molecule has 0 saturated heterocycles. The lowest BCUT2D eigenvalue weighted by Gasteiger charge is -1.97. The Balaban J connectivity index is 2.13. The van der Waals surface area contributed by atoms with Crippen LogP contribution in [0.2, 0.25) is 0 Å². The normalized spacial score (nSPS) is 10.8. The van der Waals surface area contributed by atoms with Crippen molar-refractivity contribution in [3.8, 4) is 10.6 Å². The molecule has 0 atom stereocenters. The summed E-state index contributed by atoms with van der Waals surface area (Å²) in [6.45, 7) is 0.959. The van der Waals surface area contributed by atoms with Crippen LogP contribution in [-0.2, 0) is 6.42 Å². The van der Waals surface area contributed by atoms with Gasteiger partial charge in [-0.1, -0.05) is 27.3 Å². The van der Waals surface area contributed by atoms with Gasteiger partial charge in [-0.3, -0.25) is 0 Å². The van der Waals surface area contributed by atoms with E-state index < -0.39 is 0 Å². The largest absolute Gasteiger partial charge is 0.320 e. The van der Waals surface area contributed by atoms with Gasteiger partial charge in [0.2, 0.25) is 0 Å². The molecule has 0 bridgehead atoms. The number of rotatable bonds is 5. The van der Waals surface area contributed by atoms with Crippen molar-refractivity contribution in [3.05, 3.63) is 33.5 Å². The number of hydrogen-bond acceptors (Lipinski definition) is 4. The molecule has 1 aromatic heterocycles. The fourth-order valence-electron chi connectivity index (χ4n) is 1.56. The van der Waals surface area contributed by atoms with Crippen molar-refractivity contribution in [2.45, 2.75) is 12.8 Å². The van der Waals surface area contributed by atoms with Crippen molar-refractivity contribution in [3.63, 3.8) is 0 Å². The molecule has 0 fully saturated rings. The lowest BCUT2D eigenvalue weighted by atomic mass is 10.2. The molecule has 6 heteroatoms. The second-order valence-corrected chi connectivity index (χ2v) is 5.84. The molecular weight excluding hydrogens is 317 g/mol. The van der Waals surface area contributed by atoms with Crippen molar-refractivity contribution < 1.29 is 4.39 Å². The third-order valence-electron chi connectivity index (χ3n) is 2.39. The molecule has 2 rings (SSSR count). The zero-order valence-electron chi connectivity index (χ0n) is 9.91. The molecule has 0 saturated carbocycles. The van der Waals surface area contributed by atoms with Crippen molar-refractivity contribution in [1.82, 2.24) is 15.5 Å². The maximum Gasteiger partial charge on any atom is 0.147 e. The number of nitrogens with one attached hydrogen (secondary N) is 1. The summed E-state index contributed by atoms with van der Waals surface area (Å²) in [7, 11) is 1.93. The Labute approximate surface area is 118 Å². The van der Waals surface area contributed by atoms with Crippen molar-refractivity contribution >= 4 is 27.3 Å². The highest BCUT2D eigenvalue weighted by molar-refractivity contribution is 9.10. The number of halogens is 2. The zero-order chi connectivity index (χ0) is 13.0. The van der Waals surface area contributed by atoms with E-state index in [1.807, 2.05) is 13.1 Å². The van der Waals surface area contributed by atoms with Gasteiger partial charge in [0.05, 0.1) is 0 Å². The third-order valence-corrected chi connectivity index (χ3v) is 3.88. The Morgan fingerprint density at radius 3 is 2.89 bits per heavy atom. The van der Waals surface area contributed by atoms with E-state index in [9.17, 15) is 4.39 Å². The van der Waals surface area contributed by atoms with Crippen LogP contribution in [0.3, 0.4) is 0 Å². The van der Waals surface area contributed by atoms with Gasteiger partial charge in [0.1, 0.15) is 15.8 Å². The molecule has 96 valence electrons. The highest BCUT2D eigenvalue weighted by Crippen LogP contribution is 2.27. The first-order valence-corrected chi connectivity index (χ1v) is 7.23. The summed E-state index contributed by atoms with van der Waals surface area (Å²) in [5.41, 5.74) is 0.763. The average Bonchev–Trinajstić information content (AvgIpc) is 2.77. The molecule has 0 aliphatic rings. The van der Waals surface area contributed by atoms with E-state index in [0.29, 0.717) is 4.47 Å². The van der Waals surface area contributed by atoms with Crippen LogP contribution in [-0.4, -0.2) is 23.8 Å². The van der Waals surface area contributed by atoms with Gasteiger partial charge in [0.25, 0.3) is 0 Å². The Kier molecular flexibility index (Phi) is 4.79. The summed E-state index contributed by atoms with van der Waals surface area (Å²) in [6.07, 6.45) is 1.92. The van der Waals surface area contributed by atoms with Gasteiger partial charge in [-0.05, 0) is 38.2 Å². The SMILES string of the molecule is CNCCCc1nnc(-c2cc(F)cc(Br)c2)s1. The fraction of sp³-hybridized carbons (Fsp3) is 0.333. The smallest absolute Gasteiger partial charge is 0.147 e. The first-order valence-electron chi connectivity index (χ1n) is 5.62. The van der Waals surface area contributed by atoms with Crippen LogP contribution in [0.1, 0.15) is 11.4 Å². The minimum absolute atomic E-state index is 0.272. The van der Waals surface area contributed by atoms with Crippen LogP contribution in [0.5, 0.6) is 0 Å². The molecule has 2 aromatic rings. The molecule has 0 amide bonds. The number of benzene rings is 1. The highest BCUT2D eigenvalue weighted by Gasteiger charge is 2.08. The van der Waals surface area contributed by atoms with Gasteiger partial charge in [-0.25, -0.2) is 4.39 Å². The van der Waals surface area contributed by atoms with E-state index in [1.165, 1.54) is 23.5 Å². The lowest BCUT2D eigenvalue weighted by Crippen LogP contribution is -2.08. The minimum atomic E-state index is -0.272. The van der Waals surface area contributed by atoms with Crippen LogP contribution in [0.4, 0.5) is 4.39 Å². The Morgan fingerprint density at radius 1 is 1.33 bits per heavy atom. The summed E-state index contributed by atoms with van der Waals surface area (Å²) in [5, 5.41) is 13.1. The molecule has 3 nitrogen and oxygen atoms in total. The molecule has 0 radical (unpaired) electrons. The number of hydrogen-bond donors (Lipinski definition) is 1. The lowest BCUT2D eigenvalue weighted by molar-refractivity contribution is 0.627. The molecule has 1 N–H and O–H groups in total. The second-order valence-electron chi connectivity index (χ2n) is 3.87. The molecule has 0 spiro atoms. The van der Waals surface area contributed by atoms with Gasteiger partial charge >= 0.3 is 0 Å². The van der Waals surface area contributed by atoms with Gasteiger partial charge in [0.15, 0.2) is 0 Å². The summed E-state index contributed by atoms with van der Waals surface area (Å²) < 4.78 is 14.0. The van der Waals surface area contributed by atoms with E-state index >= 15 is 0 Å². The number of aromatic nitrogens is 2. The van der Waals surface area contributed by atoms with Crippen LogP contribution >= 0.6 is 27.3 Å². The quantitative estimate of drug-likeness (QED) is 0.855. The van der Waals surface area contributed by atoms with Crippen molar-refractivity contribution in [1.29, 1.82) is 0 Å². The minimum Gasteiger partial charge on any atom is -0.320 e. The van der Waals surface area contributed by atoms with Crippen LogP contribution in [0, 0.1) is 5.82 Å². The van der Waals surface area contributed by atoms with Crippen LogP contribution in [0.15, 0.2) is 22.7 Å². The molecule has 1 aromatic carbocycles. The highest BCUT2D eigenvalue weighted by atomic mass is 79.9. The fourth-order valence-corrected chi connectivity index (χ4v) is 2.90.